The second kappa shape index (κ2) is 7.79. The van der Waals surface area contributed by atoms with E-state index in [0.29, 0.717) is 22.7 Å². The molecule has 2 aromatic heterocycles. The lowest BCUT2D eigenvalue weighted by Gasteiger charge is -1.99. The van der Waals surface area contributed by atoms with Crippen LogP contribution < -0.4 is 5.22 Å². The Kier molecular flexibility index (Phi) is 4.67. The van der Waals surface area contributed by atoms with Crippen molar-refractivity contribution in [3.63, 3.8) is 0 Å². The van der Waals surface area contributed by atoms with Gasteiger partial charge in [-0.15, -0.1) is 14.8 Å². The van der Waals surface area contributed by atoms with Gasteiger partial charge in [-0.05, 0) is 42.8 Å². The maximum absolute atomic E-state index is 9.03. The van der Waals surface area contributed by atoms with Crippen molar-refractivity contribution in [2.45, 2.75) is 6.92 Å². The molecule has 0 amide bonds. The molecule has 6 nitrogen and oxygen atoms in total. The Morgan fingerprint density at radius 3 is 2.25 bits per heavy atom. The summed E-state index contributed by atoms with van der Waals surface area (Å²) in [6.07, 6.45) is 2.05. The average Bonchev–Trinajstić information content (AvgIpc) is 3.40. The normalized spacial score (nSPS) is 11.4. The molecule has 2 heterocycles. The Bertz CT molecular complexity index is 1560. The third-order valence-corrected chi connectivity index (χ3v) is 5.21. The molecule has 0 saturated carbocycles. The van der Waals surface area contributed by atoms with Crippen molar-refractivity contribution in [2.75, 3.05) is 0 Å². The van der Waals surface area contributed by atoms with E-state index in [-0.39, 0.29) is 0 Å². The molecular weight excluding hydrogens is 396 g/mol. The Morgan fingerprint density at radius 1 is 0.906 bits per heavy atom. The summed E-state index contributed by atoms with van der Waals surface area (Å²) < 4.78 is 1.55. The summed E-state index contributed by atoms with van der Waals surface area (Å²) in [6, 6.07) is 24.9. The summed E-state index contributed by atoms with van der Waals surface area (Å²) in [5, 5.41) is 19.2. The third-order valence-electron chi connectivity index (χ3n) is 5.21. The number of benzene rings is 3. The zero-order valence-corrected chi connectivity index (χ0v) is 17.2. The molecule has 32 heavy (non-hydrogen) atoms. The van der Waals surface area contributed by atoms with Gasteiger partial charge in [0, 0.05) is 16.3 Å². The van der Waals surface area contributed by atoms with E-state index in [0.717, 1.165) is 27.6 Å². The van der Waals surface area contributed by atoms with Crippen LogP contribution in [0.4, 0.5) is 5.69 Å². The number of hydrogen-bond acceptors (Lipinski definition) is 4. The molecule has 0 saturated heterocycles. The molecule has 0 unspecified atom stereocenters. The summed E-state index contributed by atoms with van der Waals surface area (Å²) in [5.74, 6) is 0.547. The van der Waals surface area contributed by atoms with Gasteiger partial charge in [-0.2, -0.15) is 5.26 Å². The molecule has 0 aliphatic carbocycles. The van der Waals surface area contributed by atoms with Gasteiger partial charge in [-0.1, -0.05) is 54.1 Å². The van der Waals surface area contributed by atoms with Crippen molar-refractivity contribution >= 4 is 17.4 Å². The molecule has 3 aromatic carbocycles. The van der Waals surface area contributed by atoms with Gasteiger partial charge in [0.25, 0.3) is 0 Å². The highest BCUT2D eigenvalue weighted by molar-refractivity contribution is 5.73. The third kappa shape index (κ3) is 3.47. The van der Waals surface area contributed by atoms with E-state index in [1.165, 1.54) is 5.56 Å². The average molecular weight is 412 g/mol. The molecule has 0 N–H and O–H groups in total. The summed E-state index contributed by atoms with van der Waals surface area (Å²) in [4.78, 5) is 8.22. The minimum absolute atomic E-state index is 0.547. The molecular formula is C26H16N6. The minimum Gasteiger partial charge on any atom is -0.238 e. The lowest BCUT2D eigenvalue weighted by atomic mass is 10.1. The fraction of sp³-hybridized carbons (Fsp3) is 0.0385. The van der Waals surface area contributed by atoms with E-state index in [1.807, 2.05) is 24.3 Å². The van der Waals surface area contributed by atoms with Gasteiger partial charge in [-0.3, -0.25) is 0 Å². The maximum Gasteiger partial charge on any atom is 0.187 e. The zero-order chi connectivity index (χ0) is 22.1. The van der Waals surface area contributed by atoms with Crippen molar-refractivity contribution in [1.82, 2.24) is 19.8 Å². The zero-order valence-electron chi connectivity index (χ0n) is 17.2. The molecule has 6 heteroatoms. The number of aryl methyl sites for hydroxylation is 1. The highest BCUT2D eigenvalue weighted by Crippen LogP contribution is 2.22. The SMILES string of the molecule is [C-]#[N+]c1ccc(-c2nn3nc(-c4ccc(C#N)cc4)nc3/c2=C\c2ccc(C)cc2)cc1. The second-order valence-corrected chi connectivity index (χ2v) is 7.41. The molecule has 150 valence electrons. The van der Waals surface area contributed by atoms with E-state index in [2.05, 4.69) is 53.3 Å². The molecule has 5 aromatic rings. The van der Waals surface area contributed by atoms with E-state index >= 15 is 0 Å². The van der Waals surface area contributed by atoms with Crippen molar-refractivity contribution < 1.29 is 0 Å². The van der Waals surface area contributed by atoms with Gasteiger partial charge < -0.3 is 0 Å². The van der Waals surface area contributed by atoms with Crippen LogP contribution in [0.25, 0.3) is 39.2 Å². The van der Waals surface area contributed by atoms with Crippen LogP contribution >= 0.6 is 0 Å². The minimum atomic E-state index is 0.547. The van der Waals surface area contributed by atoms with Crippen LogP contribution in [0, 0.1) is 24.8 Å². The second-order valence-electron chi connectivity index (χ2n) is 7.41. The Labute approximate surface area is 184 Å². The van der Waals surface area contributed by atoms with Crippen molar-refractivity contribution in [3.05, 3.63) is 106 Å². The molecule has 0 aliphatic heterocycles. The Balaban J connectivity index is 1.70. The number of nitrogens with zero attached hydrogens (tertiary/aromatic N) is 6. The van der Waals surface area contributed by atoms with Crippen LogP contribution in [-0.4, -0.2) is 19.8 Å². The lowest BCUT2D eigenvalue weighted by molar-refractivity contribution is 0.828. The topological polar surface area (TPSA) is 71.2 Å². The molecule has 5 rings (SSSR count). The van der Waals surface area contributed by atoms with E-state index in [9.17, 15) is 0 Å². The van der Waals surface area contributed by atoms with Gasteiger partial charge in [-0.25, -0.2) is 9.83 Å². The molecule has 0 fully saturated rings. The number of rotatable bonds is 3. The van der Waals surface area contributed by atoms with Crippen LogP contribution in [0.5, 0.6) is 0 Å². The molecule has 0 atom stereocenters. The summed E-state index contributed by atoms with van der Waals surface area (Å²) in [5.41, 5.74) is 6.50. The van der Waals surface area contributed by atoms with Gasteiger partial charge >= 0.3 is 0 Å². The van der Waals surface area contributed by atoms with E-state index in [4.69, 9.17) is 21.9 Å². The van der Waals surface area contributed by atoms with Crippen LogP contribution in [0.2, 0.25) is 0 Å². The maximum atomic E-state index is 9.03. The molecule has 0 radical (unpaired) electrons. The van der Waals surface area contributed by atoms with Crippen molar-refractivity contribution in [1.29, 1.82) is 5.26 Å². The van der Waals surface area contributed by atoms with Crippen LogP contribution in [0.15, 0.2) is 72.8 Å². The number of hydrogen-bond donors (Lipinski definition) is 0. The first-order valence-corrected chi connectivity index (χ1v) is 9.98. The summed E-state index contributed by atoms with van der Waals surface area (Å²) in [7, 11) is 0. The van der Waals surface area contributed by atoms with Gasteiger partial charge in [0.15, 0.2) is 17.2 Å². The quantitative estimate of drug-likeness (QED) is 0.402. The van der Waals surface area contributed by atoms with Gasteiger partial charge in [0.1, 0.15) is 5.69 Å². The molecule has 0 spiro atoms. The first kappa shape index (κ1) is 19.2. The largest absolute Gasteiger partial charge is 0.238 e. The predicted octanol–water partition coefficient (Wildman–Crippen LogP) is 4.74. The van der Waals surface area contributed by atoms with Gasteiger partial charge in [0.2, 0.25) is 0 Å². The van der Waals surface area contributed by atoms with Crippen molar-refractivity contribution in [3.8, 4) is 28.7 Å². The van der Waals surface area contributed by atoms with Crippen LogP contribution in [0.1, 0.15) is 16.7 Å². The Hall–Kier alpha value is -4.81. The highest BCUT2D eigenvalue weighted by atomic mass is 15.5. The van der Waals surface area contributed by atoms with Crippen LogP contribution in [0.3, 0.4) is 0 Å². The van der Waals surface area contributed by atoms with Gasteiger partial charge in [0.05, 0.1) is 18.2 Å². The standard InChI is InChI=1S/C26H16N6/c1-17-3-5-18(6-4-17)15-23-24(20-11-13-22(28-2)14-12-20)30-32-26(23)29-25(31-32)21-9-7-19(16-27)8-10-21/h3-15H,1H3/b23-15-. The number of aromatic nitrogens is 4. The number of nitriles is 1. The summed E-state index contributed by atoms with van der Waals surface area (Å²) in [6.45, 7) is 9.24. The highest BCUT2D eigenvalue weighted by Gasteiger charge is 2.15. The van der Waals surface area contributed by atoms with Crippen LogP contribution in [-0.2, 0) is 0 Å². The molecule has 0 bridgehead atoms. The smallest absolute Gasteiger partial charge is 0.187 e. The van der Waals surface area contributed by atoms with E-state index in [1.54, 1.807) is 28.9 Å². The Morgan fingerprint density at radius 2 is 1.59 bits per heavy atom. The fourth-order valence-corrected chi connectivity index (χ4v) is 3.48. The van der Waals surface area contributed by atoms with E-state index < -0.39 is 0 Å². The number of fused-ring (bicyclic) bond motifs is 1. The first-order chi connectivity index (χ1) is 15.6. The lowest BCUT2D eigenvalue weighted by Crippen LogP contribution is -2.04. The van der Waals surface area contributed by atoms with Crippen molar-refractivity contribution in [2.24, 2.45) is 0 Å². The molecule has 0 aliphatic rings. The monoisotopic (exact) mass is 412 g/mol. The fourth-order valence-electron chi connectivity index (χ4n) is 3.48. The summed E-state index contributed by atoms with van der Waals surface area (Å²) >= 11 is 0. The predicted molar refractivity (Wildman–Crippen MR) is 123 cm³/mol. The first-order valence-electron chi connectivity index (χ1n) is 9.98.